The zero-order chi connectivity index (χ0) is 12.8. The molecule has 0 aromatic heterocycles. The van der Waals surface area contributed by atoms with Crippen molar-refractivity contribution in [1.29, 1.82) is 0 Å². The number of amidine groups is 1. The van der Waals surface area contributed by atoms with E-state index in [1.807, 2.05) is 11.8 Å². The first-order valence-electron chi connectivity index (χ1n) is 6.96. The third-order valence-corrected chi connectivity index (χ3v) is 4.68. The third kappa shape index (κ3) is 5.80. The molecule has 2 atom stereocenters. The van der Waals surface area contributed by atoms with Gasteiger partial charge < -0.3 is 5.32 Å². The highest BCUT2D eigenvalue weighted by molar-refractivity contribution is 8.14. The van der Waals surface area contributed by atoms with Crippen LogP contribution in [0.3, 0.4) is 0 Å². The molecule has 2 nitrogen and oxygen atoms in total. The largest absolute Gasteiger partial charge is 0.362 e. The highest BCUT2D eigenvalue weighted by Gasteiger charge is 2.22. The fourth-order valence-corrected chi connectivity index (χ4v) is 3.06. The van der Waals surface area contributed by atoms with Gasteiger partial charge in [-0.25, -0.2) is 0 Å². The third-order valence-electron chi connectivity index (χ3n) is 3.21. The van der Waals surface area contributed by atoms with Crippen LogP contribution in [0.25, 0.3) is 0 Å². The molecule has 1 aliphatic heterocycles. The van der Waals surface area contributed by atoms with Crippen LogP contribution in [0.5, 0.6) is 0 Å². The predicted molar refractivity (Wildman–Crippen MR) is 79.8 cm³/mol. The first-order chi connectivity index (χ1) is 7.99. The first kappa shape index (κ1) is 14.9. The predicted octanol–water partition coefficient (Wildman–Crippen LogP) is 3.92. The van der Waals surface area contributed by atoms with Gasteiger partial charge in [-0.15, -0.1) is 0 Å². The van der Waals surface area contributed by atoms with Gasteiger partial charge in [0.15, 0.2) is 5.17 Å². The summed E-state index contributed by atoms with van der Waals surface area (Å²) < 4.78 is 0. The van der Waals surface area contributed by atoms with Crippen molar-refractivity contribution in [2.24, 2.45) is 16.8 Å². The van der Waals surface area contributed by atoms with Gasteiger partial charge in [-0.1, -0.05) is 52.3 Å². The maximum Gasteiger partial charge on any atom is 0.157 e. The highest BCUT2D eigenvalue weighted by atomic mass is 32.2. The molecule has 17 heavy (non-hydrogen) atoms. The van der Waals surface area contributed by atoms with Crippen molar-refractivity contribution in [2.45, 2.75) is 65.2 Å². The van der Waals surface area contributed by atoms with E-state index in [9.17, 15) is 0 Å². The number of rotatable bonds is 6. The summed E-state index contributed by atoms with van der Waals surface area (Å²) in [5.41, 5.74) is 0. The van der Waals surface area contributed by atoms with E-state index in [-0.39, 0.29) is 0 Å². The lowest BCUT2D eigenvalue weighted by Gasteiger charge is -2.16. The molecule has 0 aromatic rings. The monoisotopic (exact) mass is 256 g/mol. The van der Waals surface area contributed by atoms with E-state index in [1.54, 1.807) is 0 Å². The standard InChI is InChI=1S/C14H28N2S/c1-10(2)7-6-8-12(5)16-14-15-9-13(17-14)11(3)4/h10-13H,6-9H2,1-5H3,(H,15,16). The van der Waals surface area contributed by atoms with Gasteiger partial charge in [0, 0.05) is 11.3 Å². The Morgan fingerprint density at radius 3 is 2.47 bits per heavy atom. The highest BCUT2D eigenvalue weighted by Crippen LogP contribution is 2.26. The Morgan fingerprint density at radius 2 is 1.94 bits per heavy atom. The lowest BCUT2D eigenvalue weighted by molar-refractivity contribution is 0.495. The fourth-order valence-electron chi connectivity index (χ4n) is 1.93. The minimum Gasteiger partial charge on any atom is -0.362 e. The summed E-state index contributed by atoms with van der Waals surface area (Å²) in [5.74, 6) is 1.55. The van der Waals surface area contributed by atoms with Crippen LogP contribution in [0.2, 0.25) is 0 Å². The molecule has 0 spiro atoms. The van der Waals surface area contributed by atoms with Crippen molar-refractivity contribution >= 4 is 16.9 Å². The second kappa shape index (κ2) is 7.30. The van der Waals surface area contributed by atoms with Gasteiger partial charge in [0.05, 0.1) is 6.54 Å². The second-order valence-corrected chi connectivity index (χ2v) is 7.14. The van der Waals surface area contributed by atoms with E-state index in [0.29, 0.717) is 11.3 Å². The quantitative estimate of drug-likeness (QED) is 0.779. The van der Waals surface area contributed by atoms with Gasteiger partial charge in [-0.2, -0.15) is 0 Å². The number of hydrogen-bond donors (Lipinski definition) is 1. The van der Waals surface area contributed by atoms with Crippen molar-refractivity contribution in [3.8, 4) is 0 Å². The molecule has 0 saturated heterocycles. The smallest absolute Gasteiger partial charge is 0.157 e. The number of nitrogens with one attached hydrogen (secondary N) is 1. The van der Waals surface area contributed by atoms with Crippen molar-refractivity contribution in [3.63, 3.8) is 0 Å². The van der Waals surface area contributed by atoms with Gasteiger partial charge >= 0.3 is 0 Å². The van der Waals surface area contributed by atoms with Crippen LogP contribution >= 0.6 is 11.8 Å². The van der Waals surface area contributed by atoms with Gasteiger partial charge in [0.2, 0.25) is 0 Å². The maximum atomic E-state index is 4.59. The molecule has 0 aromatic carbocycles. The molecular weight excluding hydrogens is 228 g/mol. The Bertz CT molecular complexity index is 249. The molecule has 1 heterocycles. The Hall–Kier alpha value is -0.180. The van der Waals surface area contributed by atoms with E-state index in [1.165, 1.54) is 24.4 Å². The average molecular weight is 256 g/mol. The minimum absolute atomic E-state index is 0.561. The average Bonchev–Trinajstić information content (AvgIpc) is 2.65. The van der Waals surface area contributed by atoms with Gasteiger partial charge in [-0.05, 0) is 25.2 Å². The molecule has 1 rings (SSSR count). The molecule has 0 radical (unpaired) electrons. The fraction of sp³-hybridized carbons (Fsp3) is 0.929. The SMILES string of the molecule is CC(C)CCCC(C)NC1=NCC(C(C)C)S1. The van der Waals surface area contributed by atoms with Crippen LogP contribution in [0, 0.1) is 11.8 Å². The molecule has 0 saturated carbocycles. The van der Waals surface area contributed by atoms with Crippen LogP contribution in [0.1, 0.15) is 53.9 Å². The van der Waals surface area contributed by atoms with E-state index >= 15 is 0 Å². The van der Waals surface area contributed by atoms with Crippen molar-refractivity contribution in [1.82, 2.24) is 5.32 Å². The Kier molecular flexibility index (Phi) is 6.39. The maximum absolute atomic E-state index is 4.59. The summed E-state index contributed by atoms with van der Waals surface area (Å²) in [7, 11) is 0. The molecule has 1 aliphatic rings. The summed E-state index contributed by atoms with van der Waals surface area (Å²) in [5, 5.41) is 5.40. The second-order valence-electron chi connectivity index (χ2n) is 5.92. The zero-order valence-electron chi connectivity index (χ0n) is 12.0. The van der Waals surface area contributed by atoms with Crippen LogP contribution < -0.4 is 5.32 Å². The molecule has 1 N–H and O–H groups in total. The van der Waals surface area contributed by atoms with Crippen LogP contribution in [-0.2, 0) is 0 Å². The normalized spacial score (nSPS) is 22.1. The van der Waals surface area contributed by atoms with Crippen molar-refractivity contribution in [2.75, 3.05) is 6.54 Å². The summed E-state index contributed by atoms with van der Waals surface area (Å²) in [6.07, 6.45) is 3.90. The molecule has 0 bridgehead atoms. The lowest BCUT2D eigenvalue weighted by atomic mass is 10.0. The van der Waals surface area contributed by atoms with Crippen LogP contribution in [-0.4, -0.2) is 23.0 Å². The molecule has 0 fully saturated rings. The molecule has 0 amide bonds. The number of nitrogens with zero attached hydrogens (tertiary/aromatic N) is 1. The number of thioether (sulfide) groups is 1. The van der Waals surface area contributed by atoms with Gasteiger partial charge in [0.1, 0.15) is 0 Å². The van der Waals surface area contributed by atoms with E-state index < -0.39 is 0 Å². The summed E-state index contributed by atoms with van der Waals surface area (Å²) >= 11 is 1.93. The Labute approximate surface area is 111 Å². The Balaban J connectivity index is 2.17. The van der Waals surface area contributed by atoms with Crippen LogP contribution in [0.4, 0.5) is 0 Å². The molecular formula is C14H28N2S. The van der Waals surface area contributed by atoms with Crippen molar-refractivity contribution in [3.05, 3.63) is 0 Å². The van der Waals surface area contributed by atoms with Gasteiger partial charge in [-0.3, -0.25) is 4.99 Å². The molecule has 100 valence electrons. The topological polar surface area (TPSA) is 24.4 Å². The number of aliphatic imine (C=N–C) groups is 1. The minimum atomic E-state index is 0.561. The summed E-state index contributed by atoms with van der Waals surface area (Å²) in [6.45, 7) is 12.4. The van der Waals surface area contributed by atoms with Gasteiger partial charge in [0.25, 0.3) is 0 Å². The van der Waals surface area contributed by atoms with E-state index in [2.05, 4.69) is 44.9 Å². The first-order valence-corrected chi connectivity index (χ1v) is 7.84. The lowest BCUT2D eigenvalue weighted by Crippen LogP contribution is -2.30. The summed E-state index contributed by atoms with van der Waals surface area (Å²) in [4.78, 5) is 4.59. The molecule has 0 aliphatic carbocycles. The zero-order valence-corrected chi connectivity index (χ0v) is 12.8. The van der Waals surface area contributed by atoms with E-state index in [0.717, 1.165) is 18.4 Å². The Morgan fingerprint density at radius 1 is 1.24 bits per heavy atom. The van der Waals surface area contributed by atoms with Crippen LogP contribution in [0.15, 0.2) is 4.99 Å². The molecule has 2 unspecified atom stereocenters. The number of hydrogen-bond acceptors (Lipinski definition) is 3. The molecule has 3 heteroatoms. The van der Waals surface area contributed by atoms with E-state index in [4.69, 9.17) is 0 Å². The van der Waals surface area contributed by atoms with Crippen molar-refractivity contribution < 1.29 is 0 Å². The summed E-state index contributed by atoms with van der Waals surface area (Å²) in [6, 6.07) is 0.561.